The molecular formula is C12H16FNO. The van der Waals surface area contributed by atoms with Crippen molar-refractivity contribution in [2.75, 3.05) is 13.1 Å². The van der Waals surface area contributed by atoms with Crippen molar-refractivity contribution in [1.82, 2.24) is 4.90 Å². The van der Waals surface area contributed by atoms with Crippen molar-refractivity contribution in [3.8, 4) is 5.75 Å². The summed E-state index contributed by atoms with van der Waals surface area (Å²) < 4.78 is 13.1. The minimum Gasteiger partial charge on any atom is -0.508 e. The smallest absolute Gasteiger partial charge is 0.123 e. The number of benzene rings is 1. The van der Waals surface area contributed by atoms with Crippen molar-refractivity contribution >= 4 is 0 Å². The first kappa shape index (κ1) is 10.4. The van der Waals surface area contributed by atoms with E-state index in [1.54, 1.807) is 0 Å². The van der Waals surface area contributed by atoms with Gasteiger partial charge in [0.2, 0.25) is 0 Å². The number of phenolic OH excluding ortho intramolecular Hbond substituents is 1. The third-order valence-corrected chi connectivity index (χ3v) is 3.13. The second kappa shape index (κ2) is 4.19. The van der Waals surface area contributed by atoms with Crippen LogP contribution in [0.4, 0.5) is 4.39 Å². The lowest BCUT2D eigenvalue weighted by Gasteiger charge is -2.24. The molecule has 2 rings (SSSR count). The van der Waals surface area contributed by atoms with Gasteiger partial charge >= 0.3 is 0 Å². The Labute approximate surface area is 89.3 Å². The molecule has 2 nitrogen and oxygen atoms in total. The van der Waals surface area contributed by atoms with Crippen LogP contribution in [-0.4, -0.2) is 23.1 Å². The average molecular weight is 209 g/mol. The van der Waals surface area contributed by atoms with Gasteiger partial charge in [-0.2, -0.15) is 0 Å². The first-order valence-corrected chi connectivity index (χ1v) is 5.41. The number of halogens is 1. The van der Waals surface area contributed by atoms with Crippen LogP contribution < -0.4 is 0 Å². The Kier molecular flexibility index (Phi) is 2.91. The van der Waals surface area contributed by atoms with Crippen LogP contribution in [0, 0.1) is 5.82 Å². The van der Waals surface area contributed by atoms with Gasteiger partial charge in [0.15, 0.2) is 0 Å². The van der Waals surface area contributed by atoms with Crippen molar-refractivity contribution in [2.24, 2.45) is 0 Å². The molecule has 1 N–H and O–H groups in total. The molecule has 1 aliphatic rings. The Balaban J connectivity index is 2.23. The molecule has 1 aromatic rings. The standard InChI is InChI=1S/C12H16FNO/c1-9(14-6-2-3-7-14)11-8-10(13)4-5-12(11)15/h4-5,8-9,15H,2-3,6-7H2,1H3. The molecule has 0 spiro atoms. The largest absolute Gasteiger partial charge is 0.508 e. The summed E-state index contributed by atoms with van der Waals surface area (Å²) in [4.78, 5) is 2.27. The molecule has 1 saturated heterocycles. The maximum Gasteiger partial charge on any atom is 0.123 e. The molecule has 1 aliphatic heterocycles. The minimum absolute atomic E-state index is 0.100. The number of nitrogens with zero attached hydrogens (tertiary/aromatic N) is 1. The molecule has 0 radical (unpaired) electrons. The number of phenols is 1. The molecule has 1 aromatic carbocycles. The van der Waals surface area contributed by atoms with E-state index in [1.165, 1.54) is 31.0 Å². The lowest BCUT2D eigenvalue weighted by Crippen LogP contribution is -2.23. The van der Waals surface area contributed by atoms with E-state index < -0.39 is 0 Å². The quantitative estimate of drug-likeness (QED) is 0.809. The van der Waals surface area contributed by atoms with Crippen molar-refractivity contribution < 1.29 is 9.50 Å². The molecular weight excluding hydrogens is 193 g/mol. The van der Waals surface area contributed by atoms with Gasteiger partial charge in [-0.05, 0) is 51.1 Å². The zero-order valence-electron chi connectivity index (χ0n) is 8.91. The molecule has 0 bridgehead atoms. The SMILES string of the molecule is CC(c1cc(F)ccc1O)N1CCCC1. The summed E-state index contributed by atoms with van der Waals surface area (Å²) in [6.45, 7) is 4.09. The van der Waals surface area contributed by atoms with Gasteiger partial charge in [0.25, 0.3) is 0 Å². The number of hydrogen-bond acceptors (Lipinski definition) is 2. The van der Waals surface area contributed by atoms with Crippen molar-refractivity contribution in [3.63, 3.8) is 0 Å². The summed E-state index contributed by atoms with van der Waals surface area (Å²) >= 11 is 0. The Morgan fingerprint density at radius 1 is 1.33 bits per heavy atom. The van der Waals surface area contributed by atoms with Crippen LogP contribution in [0.5, 0.6) is 5.75 Å². The van der Waals surface area contributed by atoms with E-state index >= 15 is 0 Å². The van der Waals surface area contributed by atoms with Crippen LogP contribution in [0.1, 0.15) is 31.4 Å². The van der Waals surface area contributed by atoms with Crippen LogP contribution in [-0.2, 0) is 0 Å². The number of likely N-dealkylation sites (tertiary alicyclic amines) is 1. The van der Waals surface area contributed by atoms with E-state index in [0.29, 0.717) is 5.56 Å². The Hall–Kier alpha value is -1.09. The monoisotopic (exact) mass is 209 g/mol. The van der Waals surface area contributed by atoms with E-state index in [4.69, 9.17) is 0 Å². The van der Waals surface area contributed by atoms with Crippen LogP contribution in [0.15, 0.2) is 18.2 Å². The van der Waals surface area contributed by atoms with Crippen LogP contribution in [0.25, 0.3) is 0 Å². The van der Waals surface area contributed by atoms with Gasteiger partial charge in [0, 0.05) is 11.6 Å². The molecule has 1 atom stereocenters. The van der Waals surface area contributed by atoms with Gasteiger partial charge in [-0.15, -0.1) is 0 Å². The first-order valence-electron chi connectivity index (χ1n) is 5.41. The second-order valence-corrected chi connectivity index (χ2v) is 4.12. The summed E-state index contributed by atoms with van der Waals surface area (Å²) in [5, 5.41) is 9.67. The van der Waals surface area contributed by atoms with Gasteiger partial charge < -0.3 is 5.11 Å². The number of aromatic hydroxyl groups is 1. The van der Waals surface area contributed by atoms with Gasteiger partial charge in [0.1, 0.15) is 11.6 Å². The predicted molar refractivity (Wildman–Crippen MR) is 57.3 cm³/mol. The van der Waals surface area contributed by atoms with Crippen LogP contribution in [0.2, 0.25) is 0 Å². The predicted octanol–water partition coefficient (Wildman–Crippen LogP) is 2.69. The van der Waals surface area contributed by atoms with Gasteiger partial charge in [0.05, 0.1) is 0 Å². The molecule has 3 heteroatoms. The summed E-state index contributed by atoms with van der Waals surface area (Å²) in [5.41, 5.74) is 0.692. The van der Waals surface area contributed by atoms with E-state index in [9.17, 15) is 9.50 Å². The van der Waals surface area contributed by atoms with Crippen molar-refractivity contribution in [1.29, 1.82) is 0 Å². The fraction of sp³-hybridized carbons (Fsp3) is 0.500. The fourth-order valence-electron chi connectivity index (χ4n) is 2.19. The van der Waals surface area contributed by atoms with E-state index in [0.717, 1.165) is 13.1 Å². The summed E-state index contributed by atoms with van der Waals surface area (Å²) in [5.74, 6) is -0.0929. The lowest BCUT2D eigenvalue weighted by molar-refractivity contribution is 0.257. The van der Waals surface area contributed by atoms with E-state index in [2.05, 4.69) is 4.90 Å². The zero-order chi connectivity index (χ0) is 10.8. The molecule has 1 unspecified atom stereocenters. The normalized spacial score (nSPS) is 19.3. The molecule has 82 valence electrons. The van der Waals surface area contributed by atoms with Gasteiger partial charge in [-0.25, -0.2) is 4.39 Å². The van der Waals surface area contributed by atoms with E-state index in [1.807, 2.05) is 6.92 Å². The number of hydrogen-bond donors (Lipinski definition) is 1. The highest BCUT2D eigenvalue weighted by Gasteiger charge is 2.21. The van der Waals surface area contributed by atoms with Crippen LogP contribution in [0.3, 0.4) is 0 Å². The minimum atomic E-state index is -0.283. The molecule has 0 aromatic heterocycles. The number of rotatable bonds is 2. The molecule has 0 aliphatic carbocycles. The van der Waals surface area contributed by atoms with Gasteiger partial charge in [-0.1, -0.05) is 0 Å². The Morgan fingerprint density at radius 3 is 2.67 bits per heavy atom. The average Bonchev–Trinajstić information content (AvgIpc) is 2.74. The van der Waals surface area contributed by atoms with Crippen LogP contribution >= 0.6 is 0 Å². The maximum atomic E-state index is 13.1. The fourth-order valence-corrected chi connectivity index (χ4v) is 2.19. The Bertz CT molecular complexity index is 347. The lowest BCUT2D eigenvalue weighted by atomic mass is 10.1. The van der Waals surface area contributed by atoms with Crippen molar-refractivity contribution in [3.05, 3.63) is 29.6 Å². The third kappa shape index (κ3) is 2.12. The topological polar surface area (TPSA) is 23.5 Å². The summed E-state index contributed by atoms with van der Waals surface area (Å²) in [6.07, 6.45) is 2.39. The van der Waals surface area contributed by atoms with E-state index in [-0.39, 0.29) is 17.6 Å². The zero-order valence-corrected chi connectivity index (χ0v) is 8.91. The molecule has 1 fully saturated rings. The highest BCUT2D eigenvalue weighted by Crippen LogP contribution is 2.30. The van der Waals surface area contributed by atoms with Crippen molar-refractivity contribution in [2.45, 2.75) is 25.8 Å². The summed E-state index contributed by atoms with van der Waals surface area (Å²) in [7, 11) is 0. The maximum absolute atomic E-state index is 13.1. The highest BCUT2D eigenvalue weighted by atomic mass is 19.1. The highest BCUT2D eigenvalue weighted by molar-refractivity contribution is 5.35. The first-order chi connectivity index (χ1) is 7.18. The molecule has 15 heavy (non-hydrogen) atoms. The second-order valence-electron chi connectivity index (χ2n) is 4.12. The Morgan fingerprint density at radius 2 is 2.00 bits per heavy atom. The third-order valence-electron chi connectivity index (χ3n) is 3.13. The van der Waals surface area contributed by atoms with Gasteiger partial charge in [-0.3, -0.25) is 4.90 Å². The molecule has 1 heterocycles. The molecule has 0 saturated carbocycles. The molecule has 0 amide bonds. The summed E-state index contributed by atoms with van der Waals surface area (Å²) in [6, 6.07) is 4.24.